The maximum Gasteiger partial charge on any atom is 0.0113 e. The first-order valence-electron chi connectivity index (χ1n) is 6.24. The average Bonchev–Trinajstić information content (AvgIpc) is 2.17. The lowest BCUT2D eigenvalue weighted by Crippen LogP contribution is -2.52. The lowest BCUT2D eigenvalue weighted by atomic mass is 10.1. The summed E-state index contributed by atoms with van der Waals surface area (Å²) in [6, 6.07) is 1.65. The SMILES string of the molecule is CC(N)CC(C)N1CCN(C(C)C)CC1. The van der Waals surface area contributed by atoms with Crippen LogP contribution < -0.4 is 5.73 Å². The van der Waals surface area contributed by atoms with E-state index < -0.39 is 0 Å². The van der Waals surface area contributed by atoms with E-state index in [4.69, 9.17) is 5.73 Å². The molecule has 0 aliphatic carbocycles. The van der Waals surface area contributed by atoms with E-state index in [1.54, 1.807) is 0 Å². The maximum atomic E-state index is 5.84. The molecule has 1 aliphatic heterocycles. The fourth-order valence-corrected chi connectivity index (χ4v) is 2.38. The highest BCUT2D eigenvalue weighted by Gasteiger charge is 2.22. The van der Waals surface area contributed by atoms with Crippen molar-refractivity contribution in [1.29, 1.82) is 0 Å². The zero-order valence-corrected chi connectivity index (χ0v) is 10.7. The summed E-state index contributed by atoms with van der Waals surface area (Å²) in [5.74, 6) is 0. The van der Waals surface area contributed by atoms with Crippen molar-refractivity contribution >= 4 is 0 Å². The van der Waals surface area contributed by atoms with Gasteiger partial charge in [-0.05, 0) is 34.1 Å². The van der Waals surface area contributed by atoms with Gasteiger partial charge in [0.05, 0.1) is 0 Å². The number of nitrogens with two attached hydrogens (primary N) is 1. The van der Waals surface area contributed by atoms with Crippen molar-refractivity contribution in [3.05, 3.63) is 0 Å². The van der Waals surface area contributed by atoms with Gasteiger partial charge in [0.2, 0.25) is 0 Å². The lowest BCUT2D eigenvalue weighted by Gasteiger charge is -2.40. The second-order valence-electron chi connectivity index (χ2n) is 5.23. The van der Waals surface area contributed by atoms with E-state index in [-0.39, 0.29) is 0 Å². The Morgan fingerprint density at radius 3 is 1.80 bits per heavy atom. The second-order valence-corrected chi connectivity index (χ2v) is 5.23. The van der Waals surface area contributed by atoms with Gasteiger partial charge >= 0.3 is 0 Å². The molecule has 2 unspecified atom stereocenters. The molecule has 15 heavy (non-hydrogen) atoms. The summed E-state index contributed by atoms with van der Waals surface area (Å²) in [5, 5.41) is 0. The molecule has 2 N–H and O–H groups in total. The van der Waals surface area contributed by atoms with E-state index in [0.717, 1.165) is 6.42 Å². The molecule has 0 saturated carbocycles. The second kappa shape index (κ2) is 5.83. The minimum absolute atomic E-state index is 0.322. The van der Waals surface area contributed by atoms with Crippen molar-refractivity contribution in [3.63, 3.8) is 0 Å². The molecule has 2 atom stereocenters. The molecule has 1 heterocycles. The standard InChI is InChI=1S/C12H27N3/c1-10(2)14-5-7-15(8-6-14)12(4)9-11(3)13/h10-12H,5-9,13H2,1-4H3. The van der Waals surface area contributed by atoms with Crippen molar-refractivity contribution < 1.29 is 0 Å². The largest absolute Gasteiger partial charge is 0.328 e. The minimum Gasteiger partial charge on any atom is -0.328 e. The van der Waals surface area contributed by atoms with Crippen molar-refractivity contribution in [2.45, 2.75) is 52.2 Å². The lowest BCUT2D eigenvalue weighted by molar-refractivity contribution is 0.0790. The van der Waals surface area contributed by atoms with Crippen molar-refractivity contribution in [1.82, 2.24) is 9.80 Å². The van der Waals surface area contributed by atoms with E-state index in [1.165, 1.54) is 26.2 Å². The van der Waals surface area contributed by atoms with E-state index in [9.17, 15) is 0 Å². The van der Waals surface area contributed by atoms with Crippen LogP contribution in [0.4, 0.5) is 0 Å². The average molecular weight is 213 g/mol. The molecule has 3 heteroatoms. The molecule has 1 saturated heterocycles. The van der Waals surface area contributed by atoms with Gasteiger partial charge in [0.15, 0.2) is 0 Å². The van der Waals surface area contributed by atoms with Crippen LogP contribution in [0.15, 0.2) is 0 Å². The summed E-state index contributed by atoms with van der Waals surface area (Å²) in [6.07, 6.45) is 1.11. The fraction of sp³-hybridized carbons (Fsp3) is 1.00. The molecule has 0 aromatic heterocycles. The predicted octanol–water partition coefficient (Wildman–Crippen LogP) is 1.14. The molecule has 1 rings (SSSR count). The Kier molecular flexibility index (Phi) is 5.03. The van der Waals surface area contributed by atoms with Gasteiger partial charge in [-0.15, -0.1) is 0 Å². The van der Waals surface area contributed by atoms with Crippen LogP contribution in [0.5, 0.6) is 0 Å². The highest BCUT2D eigenvalue weighted by Crippen LogP contribution is 2.11. The van der Waals surface area contributed by atoms with Gasteiger partial charge in [-0.1, -0.05) is 0 Å². The van der Waals surface area contributed by atoms with Crippen LogP contribution >= 0.6 is 0 Å². The van der Waals surface area contributed by atoms with E-state index in [2.05, 4.69) is 37.5 Å². The molecule has 0 amide bonds. The Morgan fingerprint density at radius 1 is 0.933 bits per heavy atom. The van der Waals surface area contributed by atoms with Crippen LogP contribution in [0, 0.1) is 0 Å². The van der Waals surface area contributed by atoms with Gasteiger partial charge in [0, 0.05) is 44.3 Å². The quantitative estimate of drug-likeness (QED) is 0.760. The number of rotatable bonds is 4. The highest BCUT2D eigenvalue weighted by atomic mass is 15.3. The van der Waals surface area contributed by atoms with Gasteiger partial charge < -0.3 is 5.73 Å². The summed E-state index contributed by atoms with van der Waals surface area (Å²) >= 11 is 0. The van der Waals surface area contributed by atoms with Crippen LogP contribution in [0.3, 0.4) is 0 Å². The topological polar surface area (TPSA) is 32.5 Å². The van der Waals surface area contributed by atoms with Gasteiger partial charge in [-0.25, -0.2) is 0 Å². The van der Waals surface area contributed by atoms with Crippen molar-refractivity contribution in [2.24, 2.45) is 5.73 Å². The van der Waals surface area contributed by atoms with Gasteiger partial charge in [-0.3, -0.25) is 9.80 Å². The maximum absolute atomic E-state index is 5.84. The molecular weight excluding hydrogens is 186 g/mol. The first-order chi connectivity index (χ1) is 7.00. The first-order valence-corrected chi connectivity index (χ1v) is 6.24. The van der Waals surface area contributed by atoms with E-state index in [0.29, 0.717) is 18.1 Å². The number of hydrogen-bond acceptors (Lipinski definition) is 3. The molecule has 0 bridgehead atoms. The highest BCUT2D eigenvalue weighted by molar-refractivity contribution is 4.79. The summed E-state index contributed by atoms with van der Waals surface area (Å²) < 4.78 is 0. The number of nitrogens with zero attached hydrogens (tertiary/aromatic N) is 2. The zero-order chi connectivity index (χ0) is 11.4. The van der Waals surface area contributed by atoms with Crippen LogP contribution in [-0.2, 0) is 0 Å². The molecule has 90 valence electrons. The summed E-state index contributed by atoms with van der Waals surface area (Å²) in [6.45, 7) is 13.8. The Balaban J connectivity index is 2.30. The van der Waals surface area contributed by atoms with Gasteiger partial charge in [0.1, 0.15) is 0 Å². The Morgan fingerprint density at radius 2 is 1.40 bits per heavy atom. The molecule has 1 fully saturated rings. The van der Waals surface area contributed by atoms with Crippen molar-refractivity contribution in [2.75, 3.05) is 26.2 Å². The summed E-state index contributed by atoms with van der Waals surface area (Å²) in [4.78, 5) is 5.12. The zero-order valence-electron chi connectivity index (χ0n) is 10.7. The van der Waals surface area contributed by atoms with Crippen LogP contribution in [0.1, 0.15) is 34.1 Å². The Bertz CT molecular complexity index is 172. The first kappa shape index (κ1) is 12.9. The van der Waals surface area contributed by atoms with Gasteiger partial charge in [0.25, 0.3) is 0 Å². The van der Waals surface area contributed by atoms with Crippen molar-refractivity contribution in [3.8, 4) is 0 Å². The molecular formula is C12H27N3. The third kappa shape index (κ3) is 4.09. The molecule has 3 nitrogen and oxygen atoms in total. The minimum atomic E-state index is 0.322. The van der Waals surface area contributed by atoms with Crippen LogP contribution in [-0.4, -0.2) is 54.1 Å². The molecule has 0 radical (unpaired) electrons. The predicted molar refractivity (Wildman–Crippen MR) is 66.0 cm³/mol. The third-order valence-electron chi connectivity index (χ3n) is 3.42. The van der Waals surface area contributed by atoms with Crippen LogP contribution in [0.2, 0.25) is 0 Å². The molecule has 0 spiro atoms. The summed E-state index contributed by atoms with van der Waals surface area (Å²) in [7, 11) is 0. The van der Waals surface area contributed by atoms with E-state index in [1.807, 2.05) is 0 Å². The molecule has 0 aromatic rings. The number of hydrogen-bond donors (Lipinski definition) is 1. The fourth-order valence-electron chi connectivity index (χ4n) is 2.38. The molecule has 0 aromatic carbocycles. The molecule has 1 aliphatic rings. The van der Waals surface area contributed by atoms with Crippen LogP contribution in [0.25, 0.3) is 0 Å². The summed E-state index contributed by atoms with van der Waals surface area (Å²) in [5.41, 5.74) is 5.84. The van der Waals surface area contributed by atoms with E-state index >= 15 is 0 Å². The monoisotopic (exact) mass is 213 g/mol. The number of piperazine rings is 1. The third-order valence-corrected chi connectivity index (χ3v) is 3.42. The smallest absolute Gasteiger partial charge is 0.0113 e. The van der Waals surface area contributed by atoms with Gasteiger partial charge in [-0.2, -0.15) is 0 Å². The normalized spacial score (nSPS) is 24.4. The Hall–Kier alpha value is -0.120. The Labute approximate surface area is 94.6 Å².